The van der Waals surface area contributed by atoms with Crippen molar-refractivity contribution in [2.45, 2.75) is 6.92 Å². The minimum Gasteiger partial charge on any atom is -0.481 e. The highest BCUT2D eigenvalue weighted by molar-refractivity contribution is 5.99. The van der Waals surface area contributed by atoms with E-state index < -0.39 is 11.9 Å². The average Bonchev–Trinajstić information content (AvgIpc) is 2.81. The van der Waals surface area contributed by atoms with E-state index in [1.165, 1.54) is 15.6 Å². The zero-order valence-corrected chi connectivity index (χ0v) is 10.6. The fourth-order valence-corrected chi connectivity index (χ4v) is 1.76. The van der Waals surface area contributed by atoms with Crippen LogP contribution in [0.2, 0.25) is 0 Å². The summed E-state index contributed by atoms with van der Waals surface area (Å²) in [6.07, 6.45) is 4.71. The maximum atomic E-state index is 12.2. The van der Waals surface area contributed by atoms with Crippen LogP contribution in [0.15, 0.2) is 24.7 Å². The van der Waals surface area contributed by atoms with Gasteiger partial charge in [0.1, 0.15) is 5.56 Å². The van der Waals surface area contributed by atoms with Crippen LogP contribution in [0, 0.1) is 5.92 Å². The summed E-state index contributed by atoms with van der Waals surface area (Å²) in [6.45, 7) is 1.69. The van der Waals surface area contributed by atoms with Crippen molar-refractivity contribution in [1.29, 1.82) is 0 Å². The van der Waals surface area contributed by atoms with E-state index >= 15 is 0 Å². The molecule has 2 aromatic rings. The summed E-state index contributed by atoms with van der Waals surface area (Å²) in [5.74, 6) is -1.84. The number of hydrogen-bond acceptors (Lipinski definition) is 4. The SMILES string of the molecule is CC(CN(C)C(=O)c1cnn2cccnc12)C(=O)O. The Morgan fingerprint density at radius 2 is 2.26 bits per heavy atom. The lowest BCUT2D eigenvalue weighted by atomic mass is 10.1. The summed E-state index contributed by atoms with van der Waals surface area (Å²) in [6, 6.07) is 1.71. The first-order chi connectivity index (χ1) is 9.00. The van der Waals surface area contributed by atoms with Gasteiger partial charge in [0.05, 0.1) is 12.1 Å². The molecule has 0 saturated heterocycles. The molecular weight excluding hydrogens is 248 g/mol. The van der Waals surface area contributed by atoms with Crippen molar-refractivity contribution in [3.8, 4) is 0 Å². The van der Waals surface area contributed by atoms with Gasteiger partial charge in [0.15, 0.2) is 5.65 Å². The number of nitrogens with zero attached hydrogens (tertiary/aromatic N) is 4. The highest BCUT2D eigenvalue weighted by atomic mass is 16.4. The van der Waals surface area contributed by atoms with Crippen LogP contribution in [0.25, 0.3) is 5.65 Å². The van der Waals surface area contributed by atoms with E-state index in [1.54, 1.807) is 32.4 Å². The van der Waals surface area contributed by atoms with Crippen molar-refractivity contribution >= 4 is 17.5 Å². The monoisotopic (exact) mass is 262 g/mol. The van der Waals surface area contributed by atoms with Crippen molar-refractivity contribution in [3.05, 3.63) is 30.2 Å². The topological polar surface area (TPSA) is 87.8 Å². The maximum absolute atomic E-state index is 12.2. The summed E-state index contributed by atoms with van der Waals surface area (Å²) in [5.41, 5.74) is 0.822. The molecule has 2 heterocycles. The molecule has 100 valence electrons. The summed E-state index contributed by atoms with van der Waals surface area (Å²) in [4.78, 5) is 28.5. The Bertz CT molecular complexity index is 622. The first-order valence-corrected chi connectivity index (χ1v) is 5.77. The predicted molar refractivity (Wildman–Crippen MR) is 66.7 cm³/mol. The number of fused-ring (bicyclic) bond motifs is 1. The third kappa shape index (κ3) is 2.54. The molecule has 0 saturated carbocycles. The Hall–Kier alpha value is -2.44. The van der Waals surface area contributed by atoms with Crippen molar-refractivity contribution in [3.63, 3.8) is 0 Å². The van der Waals surface area contributed by atoms with Crippen molar-refractivity contribution in [2.24, 2.45) is 5.92 Å². The molecule has 0 spiro atoms. The van der Waals surface area contributed by atoms with E-state index in [1.807, 2.05) is 0 Å². The molecule has 0 aliphatic carbocycles. The van der Waals surface area contributed by atoms with Crippen LogP contribution in [-0.4, -0.2) is 50.1 Å². The number of rotatable bonds is 4. The van der Waals surface area contributed by atoms with Crippen molar-refractivity contribution in [1.82, 2.24) is 19.5 Å². The van der Waals surface area contributed by atoms with Crippen LogP contribution < -0.4 is 0 Å². The van der Waals surface area contributed by atoms with Gasteiger partial charge in [-0.2, -0.15) is 5.10 Å². The Labute approximate surface area is 109 Å². The van der Waals surface area contributed by atoms with Gasteiger partial charge in [0.25, 0.3) is 5.91 Å². The lowest BCUT2D eigenvalue weighted by Crippen LogP contribution is -2.33. The minimum absolute atomic E-state index is 0.137. The van der Waals surface area contributed by atoms with E-state index in [0.717, 1.165) is 0 Å². The van der Waals surface area contributed by atoms with E-state index in [0.29, 0.717) is 11.2 Å². The molecule has 2 aromatic heterocycles. The third-order valence-electron chi connectivity index (χ3n) is 2.83. The number of carboxylic acid groups (broad SMARTS) is 1. The normalized spacial score (nSPS) is 12.3. The molecule has 1 atom stereocenters. The zero-order chi connectivity index (χ0) is 14.0. The second-order valence-corrected chi connectivity index (χ2v) is 4.37. The molecule has 1 unspecified atom stereocenters. The standard InChI is InChI=1S/C12H14N4O3/c1-8(12(18)19)7-15(2)11(17)9-6-14-16-5-3-4-13-10(9)16/h3-6,8H,7H2,1-2H3,(H,18,19). The molecule has 0 aliphatic rings. The largest absolute Gasteiger partial charge is 0.481 e. The van der Waals surface area contributed by atoms with Gasteiger partial charge in [-0.05, 0) is 6.07 Å². The number of aromatic nitrogens is 3. The molecule has 1 N–H and O–H groups in total. The van der Waals surface area contributed by atoms with E-state index in [4.69, 9.17) is 5.11 Å². The zero-order valence-electron chi connectivity index (χ0n) is 10.6. The number of amides is 1. The number of carbonyl (C=O) groups excluding carboxylic acids is 1. The summed E-state index contributed by atoms with van der Waals surface area (Å²) < 4.78 is 1.50. The lowest BCUT2D eigenvalue weighted by molar-refractivity contribution is -0.141. The fourth-order valence-electron chi connectivity index (χ4n) is 1.76. The summed E-state index contributed by atoms with van der Waals surface area (Å²) >= 11 is 0. The first-order valence-electron chi connectivity index (χ1n) is 5.77. The van der Waals surface area contributed by atoms with E-state index in [2.05, 4.69) is 10.1 Å². The Morgan fingerprint density at radius 3 is 2.95 bits per heavy atom. The van der Waals surface area contributed by atoms with Crippen molar-refractivity contribution < 1.29 is 14.7 Å². The fraction of sp³-hybridized carbons (Fsp3) is 0.333. The molecular formula is C12H14N4O3. The van der Waals surface area contributed by atoms with Gasteiger partial charge in [-0.1, -0.05) is 6.92 Å². The lowest BCUT2D eigenvalue weighted by Gasteiger charge is -2.18. The van der Waals surface area contributed by atoms with Gasteiger partial charge in [-0.25, -0.2) is 9.50 Å². The van der Waals surface area contributed by atoms with Crippen LogP contribution >= 0.6 is 0 Å². The molecule has 7 nitrogen and oxygen atoms in total. The Balaban J connectivity index is 2.22. The van der Waals surface area contributed by atoms with E-state index in [9.17, 15) is 9.59 Å². The predicted octanol–water partition coefficient (Wildman–Crippen LogP) is 0.522. The smallest absolute Gasteiger partial charge is 0.308 e. The van der Waals surface area contributed by atoms with Gasteiger partial charge in [-0.15, -0.1) is 0 Å². The molecule has 0 bridgehead atoms. The number of hydrogen-bond donors (Lipinski definition) is 1. The van der Waals surface area contributed by atoms with E-state index in [-0.39, 0.29) is 12.5 Å². The third-order valence-corrected chi connectivity index (χ3v) is 2.83. The molecule has 2 rings (SSSR count). The van der Waals surface area contributed by atoms with Gasteiger partial charge >= 0.3 is 5.97 Å². The number of aliphatic carboxylic acids is 1. The van der Waals surface area contributed by atoms with Gasteiger partial charge in [0.2, 0.25) is 0 Å². The molecule has 0 aromatic carbocycles. The second-order valence-electron chi connectivity index (χ2n) is 4.37. The van der Waals surface area contributed by atoms with Gasteiger partial charge in [0, 0.05) is 26.0 Å². The van der Waals surface area contributed by atoms with Crippen molar-refractivity contribution in [2.75, 3.05) is 13.6 Å². The quantitative estimate of drug-likeness (QED) is 0.868. The highest BCUT2D eigenvalue weighted by Crippen LogP contribution is 2.11. The number of carboxylic acids is 1. The molecule has 7 heteroatoms. The second kappa shape index (κ2) is 5.05. The Morgan fingerprint density at radius 1 is 1.53 bits per heavy atom. The van der Waals surface area contributed by atoms with Crippen LogP contribution in [0.1, 0.15) is 17.3 Å². The van der Waals surface area contributed by atoms with Crippen LogP contribution in [-0.2, 0) is 4.79 Å². The molecule has 0 radical (unpaired) electrons. The summed E-state index contributed by atoms with van der Waals surface area (Å²) in [7, 11) is 1.56. The van der Waals surface area contributed by atoms with Gasteiger partial charge < -0.3 is 10.0 Å². The van der Waals surface area contributed by atoms with Crippen LogP contribution in [0.3, 0.4) is 0 Å². The summed E-state index contributed by atoms with van der Waals surface area (Å²) in [5, 5.41) is 12.9. The first kappa shape index (κ1) is 13.0. The number of carbonyl (C=O) groups is 2. The van der Waals surface area contributed by atoms with Crippen LogP contribution in [0.5, 0.6) is 0 Å². The molecule has 1 amide bonds. The Kier molecular flexibility index (Phi) is 3.46. The molecule has 19 heavy (non-hydrogen) atoms. The maximum Gasteiger partial charge on any atom is 0.308 e. The van der Waals surface area contributed by atoms with Gasteiger partial charge in [-0.3, -0.25) is 9.59 Å². The minimum atomic E-state index is -0.933. The molecule has 0 fully saturated rings. The molecule has 0 aliphatic heterocycles. The van der Waals surface area contributed by atoms with Crippen LogP contribution in [0.4, 0.5) is 0 Å². The average molecular weight is 262 g/mol. The highest BCUT2D eigenvalue weighted by Gasteiger charge is 2.21.